The van der Waals surface area contributed by atoms with Crippen molar-refractivity contribution in [2.75, 3.05) is 26.4 Å². The third-order valence-electron chi connectivity index (χ3n) is 3.06. The molecule has 0 heterocycles. The van der Waals surface area contributed by atoms with Crippen LogP contribution in [0.5, 0.6) is 0 Å². The predicted octanol–water partition coefficient (Wildman–Crippen LogP) is 2.58. The topological polar surface area (TPSA) is 41.5 Å². The molecule has 1 atom stereocenters. The van der Waals surface area contributed by atoms with Crippen molar-refractivity contribution in [2.24, 2.45) is 5.92 Å². The molecule has 0 aromatic rings. The van der Waals surface area contributed by atoms with Gasteiger partial charge in [0.1, 0.15) is 0 Å². The van der Waals surface area contributed by atoms with Gasteiger partial charge in [-0.3, -0.25) is 0 Å². The van der Waals surface area contributed by atoms with Gasteiger partial charge in [0.05, 0.1) is 6.61 Å². The highest BCUT2D eigenvalue weighted by molar-refractivity contribution is 4.81. The van der Waals surface area contributed by atoms with E-state index in [1.54, 1.807) is 0 Å². The summed E-state index contributed by atoms with van der Waals surface area (Å²) in [6.45, 7) is 11.4. The first kappa shape index (κ1) is 16.9. The molecule has 0 aromatic heterocycles. The zero-order valence-corrected chi connectivity index (χ0v) is 12.1. The van der Waals surface area contributed by atoms with Crippen LogP contribution in [-0.4, -0.2) is 37.0 Å². The van der Waals surface area contributed by atoms with Crippen LogP contribution in [0.1, 0.15) is 53.4 Å². The molecule has 0 bridgehead atoms. The summed E-state index contributed by atoms with van der Waals surface area (Å²) < 4.78 is 5.57. The van der Waals surface area contributed by atoms with Crippen LogP contribution in [0.15, 0.2) is 0 Å². The quantitative estimate of drug-likeness (QED) is 0.550. The molecule has 1 unspecified atom stereocenters. The highest BCUT2D eigenvalue weighted by Gasteiger charge is 2.20. The van der Waals surface area contributed by atoms with Crippen LogP contribution in [0.2, 0.25) is 0 Å². The van der Waals surface area contributed by atoms with Gasteiger partial charge in [-0.1, -0.05) is 20.8 Å². The second-order valence-corrected chi connectivity index (χ2v) is 5.50. The van der Waals surface area contributed by atoms with Crippen LogP contribution >= 0.6 is 0 Å². The standard InChI is InChI=1S/C14H31NO2/c1-5-15-14(4,12-16)9-6-7-10-17-11-8-13(2)3/h13,15-16H,5-12H2,1-4H3. The van der Waals surface area contributed by atoms with Gasteiger partial charge < -0.3 is 15.2 Å². The molecule has 104 valence electrons. The van der Waals surface area contributed by atoms with E-state index in [4.69, 9.17) is 4.74 Å². The SMILES string of the molecule is CCNC(C)(CO)CCCCOCCC(C)C. The van der Waals surface area contributed by atoms with E-state index in [1.807, 2.05) is 0 Å². The highest BCUT2D eigenvalue weighted by Crippen LogP contribution is 2.13. The Morgan fingerprint density at radius 3 is 2.47 bits per heavy atom. The Morgan fingerprint density at radius 2 is 1.94 bits per heavy atom. The van der Waals surface area contributed by atoms with Crippen molar-refractivity contribution in [1.29, 1.82) is 0 Å². The van der Waals surface area contributed by atoms with E-state index in [9.17, 15) is 5.11 Å². The smallest absolute Gasteiger partial charge is 0.0610 e. The van der Waals surface area contributed by atoms with Crippen LogP contribution in [0, 0.1) is 5.92 Å². The summed E-state index contributed by atoms with van der Waals surface area (Å²) in [4.78, 5) is 0. The van der Waals surface area contributed by atoms with Crippen LogP contribution in [0.4, 0.5) is 0 Å². The lowest BCUT2D eigenvalue weighted by Gasteiger charge is -2.28. The van der Waals surface area contributed by atoms with E-state index in [1.165, 1.54) is 0 Å². The molecule has 0 aliphatic heterocycles. The highest BCUT2D eigenvalue weighted by atomic mass is 16.5. The molecule has 17 heavy (non-hydrogen) atoms. The van der Waals surface area contributed by atoms with Crippen molar-refractivity contribution < 1.29 is 9.84 Å². The average molecular weight is 245 g/mol. The first-order valence-corrected chi connectivity index (χ1v) is 6.97. The molecule has 0 radical (unpaired) electrons. The van der Waals surface area contributed by atoms with Crippen molar-refractivity contribution in [3.05, 3.63) is 0 Å². The van der Waals surface area contributed by atoms with Gasteiger partial charge in [0.15, 0.2) is 0 Å². The van der Waals surface area contributed by atoms with Gasteiger partial charge in [0.2, 0.25) is 0 Å². The van der Waals surface area contributed by atoms with E-state index in [0.29, 0.717) is 0 Å². The van der Waals surface area contributed by atoms with Crippen LogP contribution < -0.4 is 5.32 Å². The molecule has 3 heteroatoms. The monoisotopic (exact) mass is 245 g/mol. The lowest BCUT2D eigenvalue weighted by molar-refractivity contribution is 0.113. The van der Waals surface area contributed by atoms with Crippen LogP contribution in [0.25, 0.3) is 0 Å². The Balaban J connectivity index is 3.43. The van der Waals surface area contributed by atoms with Gasteiger partial charge in [-0.25, -0.2) is 0 Å². The van der Waals surface area contributed by atoms with Crippen molar-refractivity contribution >= 4 is 0 Å². The average Bonchev–Trinajstić information content (AvgIpc) is 2.28. The summed E-state index contributed by atoms with van der Waals surface area (Å²) >= 11 is 0. The molecule has 0 spiro atoms. The molecular formula is C14H31NO2. The zero-order chi connectivity index (χ0) is 13.1. The van der Waals surface area contributed by atoms with Crippen molar-refractivity contribution in [3.63, 3.8) is 0 Å². The second-order valence-electron chi connectivity index (χ2n) is 5.50. The Hall–Kier alpha value is -0.120. The maximum atomic E-state index is 9.32. The molecule has 0 amide bonds. The molecular weight excluding hydrogens is 214 g/mol. The van der Waals surface area contributed by atoms with E-state index in [0.717, 1.165) is 51.4 Å². The summed E-state index contributed by atoms with van der Waals surface area (Å²) in [5.74, 6) is 0.724. The van der Waals surface area contributed by atoms with Gasteiger partial charge in [0, 0.05) is 18.8 Å². The molecule has 0 aliphatic rings. The second kappa shape index (κ2) is 9.86. The van der Waals surface area contributed by atoms with Crippen molar-refractivity contribution in [2.45, 2.75) is 58.9 Å². The molecule has 3 nitrogen and oxygen atoms in total. The van der Waals surface area contributed by atoms with Gasteiger partial charge in [-0.05, 0) is 45.1 Å². The number of unbranched alkanes of at least 4 members (excludes halogenated alkanes) is 1. The summed E-state index contributed by atoms with van der Waals surface area (Å²) in [5, 5.41) is 12.7. The molecule has 0 rings (SSSR count). The normalized spacial score (nSPS) is 15.2. The third kappa shape index (κ3) is 9.57. The van der Waals surface area contributed by atoms with Gasteiger partial charge >= 0.3 is 0 Å². The largest absolute Gasteiger partial charge is 0.394 e. The summed E-state index contributed by atoms with van der Waals surface area (Å²) in [5.41, 5.74) is -0.118. The maximum Gasteiger partial charge on any atom is 0.0610 e. The molecule has 0 aliphatic carbocycles. The molecule has 0 saturated carbocycles. The molecule has 0 fully saturated rings. The van der Waals surface area contributed by atoms with Crippen molar-refractivity contribution in [3.8, 4) is 0 Å². The Morgan fingerprint density at radius 1 is 1.24 bits per heavy atom. The Bertz CT molecular complexity index is 174. The fourth-order valence-electron chi connectivity index (χ4n) is 1.79. The minimum absolute atomic E-state index is 0.118. The van der Waals surface area contributed by atoms with Crippen LogP contribution in [-0.2, 0) is 4.74 Å². The molecule has 0 saturated heterocycles. The lowest BCUT2D eigenvalue weighted by atomic mass is 9.96. The van der Waals surface area contributed by atoms with Gasteiger partial charge in [0.25, 0.3) is 0 Å². The van der Waals surface area contributed by atoms with E-state index < -0.39 is 0 Å². The Labute approximate surface area is 107 Å². The maximum absolute atomic E-state index is 9.32. The van der Waals surface area contributed by atoms with Crippen molar-refractivity contribution in [1.82, 2.24) is 5.32 Å². The van der Waals surface area contributed by atoms with E-state index in [-0.39, 0.29) is 12.1 Å². The number of likely N-dealkylation sites (N-methyl/N-ethyl adjacent to an activating group) is 1. The fourth-order valence-corrected chi connectivity index (χ4v) is 1.79. The first-order valence-electron chi connectivity index (χ1n) is 6.97. The molecule has 2 N–H and O–H groups in total. The number of aliphatic hydroxyl groups is 1. The number of ether oxygens (including phenoxy) is 1. The first-order chi connectivity index (χ1) is 8.04. The van der Waals surface area contributed by atoms with Crippen LogP contribution in [0.3, 0.4) is 0 Å². The van der Waals surface area contributed by atoms with E-state index >= 15 is 0 Å². The number of nitrogens with one attached hydrogen (secondary N) is 1. The summed E-state index contributed by atoms with van der Waals surface area (Å²) in [6.07, 6.45) is 4.33. The minimum Gasteiger partial charge on any atom is -0.394 e. The number of aliphatic hydroxyl groups excluding tert-OH is 1. The fraction of sp³-hybridized carbons (Fsp3) is 1.00. The predicted molar refractivity (Wildman–Crippen MR) is 73.3 cm³/mol. The third-order valence-corrected chi connectivity index (χ3v) is 3.06. The summed E-state index contributed by atoms with van der Waals surface area (Å²) in [7, 11) is 0. The molecule has 0 aromatic carbocycles. The van der Waals surface area contributed by atoms with Gasteiger partial charge in [-0.15, -0.1) is 0 Å². The minimum atomic E-state index is -0.118. The number of rotatable bonds is 11. The Kier molecular flexibility index (Phi) is 9.79. The zero-order valence-electron chi connectivity index (χ0n) is 12.1. The summed E-state index contributed by atoms with van der Waals surface area (Å²) in [6, 6.07) is 0. The number of hydrogen-bond acceptors (Lipinski definition) is 3. The lowest BCUT2D eigenvalue weighted by Crippen LogP contribution is -2.45. The number of hydrogen-bond donors (Lipinski definition) is 2. The van der Waals surface area contributed by atoms with E-state index in [2.05, 4.69) is 33.0 Å². The van der Waals surface area contributed by atoms with Gasteiger partial charge in [-0.2, -0.15) is 0 Å².